The molecule has 0 unspecified atom stereocenters. The lowest BCUT2D eigenvalue weighted by Gasteiger charge is -2.41. The number of benzene rings is 2. The van der Waals surface area contributed by atoms with Crippen LogP contribution in [0.5, 0.6) is 0 Å². The Hall–Kier alpha value is -2.88. The van der Waals surface area contributed by atoms with Gasteiger partial charge in [-0.05, 0) is 56.8 Å². The number of rotatable bonds is 5. The highest BCUT2D eigenvalue weighted by Gasteiger charge is 2.29. The van der Waals surface area contributed by atoms with Crippen LogP contribution < -0.4 is 10.2 Å². The summed E-state index contributed by atoms with van der Waals surface area (Å²) in [5.74, 6) is -5.28. The van der Waals surface area contributed by atoms with Crippen molar-refractivity contribution in [2.75, 3.05) is 37.4 Å². The molecule has 5 nitrogen and oxygen atoms in total. The Labute approximate surface area is 225 Å². The Morgan fingerprint density at radius 2 is 1.62 bits per heavy atom. The molecule has 1 amide bonds. The number of halogens is 6. The first-order valence-corrected chi connectivity index (χ1v) is 11.3. The smallest absolute Gasteiger partial charge is 0.258 e. The minimum Gasteiger partial charge on any atom is -0.368 e. The van der Waals surface area contributed by atoms with E-state index >= 15 is 4.39 Å². The van der Waals surface area contributed by atoms with Crippen molar-refractivity contribution in [3.8, 4) is 11.1 Å². The summed E-state index contributed by atoms with van der Waals surface area (Å²) in [6.45, 7) is 3.64. The van der Waals surface area contributed by atoms with E-state index in [9.17, 15) is 18.0 Å². The van der Waals surface area contributed by atoms with Crippen molar-refractivity contribution in [3.63, 3.8) is 0 Å². The second kappa shape index (κ2) is 12.6. The van der Waals surface area contributed by atoms with E-state index in [1.807, 2.05) is 14.1 Å². The second-order valence-electron chi connectivity index (χ2n) is 9.09. The highest BCUT2D eigenvalue weighted by Crippen LogP contribution is 2.34. The number of nitrogens with zero attached hydrogens (tertiary/aromatic N) is 3. The van der Waals surface area contributed by atoms with Crippen LogP contribution in [-0.4, -0.2) is 49.0 Å². The van der Waals surface area contributed by atoms with Crippen LogP contribution in [0.4, 0.5) is 28.9 Å². The predicted molar refractivity (Wildman–Crippen MR) is 142 cm³/mol. The zero-order chi connectivity index (χ0) is 25.3. The number of hydrogen-bond donors (Lipinski definition) is 1. The molecule has 2 atom stereocenters. The molecule has 37 heavy (non-hydrogen) atoms. The van der Waals surface area contributed by atoms with Gasteiger partial charge in [-0.2, -0.15) is 0 Å². The third kappa shape index (κ3) is 6.34. The number of hydrogen-bond acceptors (Lipinski definition) is 4. The first-order valence-electron chi connectivity index (χ1n) is 11.3. The molecule has 0 aliphatic carbocycles. The lowest BCUT2D eigenvalue weighted by atomic mass is 9.94. The van der Waals surface area contributed by atoms with Gasteiger partial charge in [-0.3, -0.25) is 9.78 Å². The monoisotopic (exact) mass is 558 g/mol. The van der Waals surface area contributed by atoms with Crippen LogP contribution in [0.25, 0.3) is 11.1 Å². The highest BCUT2D eigenvalue weighted by atomic mass is 35.5. The minimum absolute atomic E-state index is 0. The van der Waals surface area contributed by atoms with Gasteiger partial charge in [0, 0.05) is 25.3 Å². The summed E-state index contributed by atoms with van der Waals surface area (Å²) in [6, 6.07) is 6.72. The zero-order valence-electron chi connectivity index (χ0n) is 20.5. The molecule has 4 rings (SSSR count). The third-order valence-corrected chi connectivity index (χ3v) is 6.30. The van der Waals surface area contributed by atoms with Crippen LogP contribution >= 0.6 is 24.8 Å². The topological polar surface area (TPSA) is 48.5 Å². The third-order valence-electron chi connectivity index (χ3n) is 6.30. The summed E-state index contributed by atoms with van der Waals surface area (Å²) in [4.78, 5) is 21.4. The highest BCUT2D eigenvalue weighted by molar-refractivity contribution is 6.06. The van der Waals surface area contributed by atoms with Crippen LogP contribution in [0.2, 0.25) is 0 Å². The molecule has 1 aliphatic heterocycles. The number of carbonyl (C=O) groups excluding carboxylic acids is 1. The van der Waals surface area contributed by atoms with E-state index in [-0.39, 0.29) is 24.8 Å². The molecule has 11 heteroatoms. The van der Waals surface area contributed by atoms with Gasteiger partial charge in [0.15, 0.2) is 0 Å². The first-order chi connectivity index (χ1) is 16.7. The number of anilines is 2. The number of aromatic nitrogens is 1. The Balaban J connectivity index is 0.00000241. The lowest BCUT2D eigenvalue weighted by molar-refractivity contribution is 0.102. The molecular formula is C26H28Cl2F4N4O. The van der Waals surface area contributed by atoms with Crippen LogP contribution in [0.3, 0.4) is 0 Å². The van der Waals surface area contributed by atoms with Gasteiger partial charge in [-0.25, -0.2) is 17.6 Å². The first kappa shape index (κ1) is 30.3. The number of likely N-dealkylation sites (N-methyl/N-ethyl adjacent to an activating group) is 1. The number of piperidine rings is 1. The van der Waals surface area contributed by atoms with Gasteiger partial charge in [0.2, 0.25) is 0 Å². The molecular weight excluding hydrogens is 531 g/mol. The van der Waals surface area contributed by atoms with Crippen molar-refractivity contribution < 1.29 is 22.4 Å². The van der Waals surface area contributed by atoms with E-state index in [0.29, 0.717) is 17.6 Å². The average Bonchev–Trinajstić information content (AvgIpc) is 2.80. The number of amides is 1. The Kier molecular flexibility index (Phi) is 10.3. The maximum atomic E-state index is 15.3. The van der Waals surface area contributed by atoms with E-state index < -0.39 is 45.9 Å². The van der Waals surface area contributed by atoms with Crippen molar-refractivity contribution in [1.82, 2.24) is 9.88 Å². The van der Waals surface area contributed by atoms with Crippen LogP contribution in [0.15, 0.2) is 48.8 Å². The Morgan fingerprint density at radius 1 is 0.973 bits per heavy atom. The fourth-order valence-electron chi connectivity index (χ4n) is 4.53. The van der Waals surface area contributed by atoms with Gasteiger partial charge < -0.3 is 15.1 Å². The molecule has 3 aromatic rings. The van der Waals surface area contributed by atoms with E-state index in [0.717, 1.165) is 55.5 Å². The number of carbonyl (C=O) groups is 1. The quantitative estimate of drug-likeness (QED) is 0.380. The molecule has 1 N–H and O–H groups in total. The molecule has 0 saturated carbocycles. The SMILES string of the molecule is C[C@@H]1C[C@H](N(C)C)CN(c2ccncc2NC(=O)c2ccc(F)c(-c3c(F)cccc3F)c2F)C1.Cl.Cl. The van der Waals surface area contributed by atoms with Crippen molar-refractivity contribution in [2.24, 2.45) is 5.92 Å². The molecule has 0 bridgehead atoms. The van der Waals surface area contributed by atoms with Gasteiger partial charge in [-0.1, -0.05) is 13.0 Å². The lowest BCUT2D eigenvalue weighted by Crippen LogP contribution is -2.48. The van der Waals surface area contributed by atoms with Crippen LogP contribution in [0, 0.1) is 29.2 Å². The maximum absolute atomic E-state index is 15.3. The number of pyridine rings is 1. The summed E-state index contributed by atoms with van der Waals surface area (Å²) in [5, 5.41) is 2.64. The summed E-state index contributed by atoms with van der Waals surface area (Å²) in [7, 11) is 4.03. The molecule has 0 radical (unpaired) electrons. The maximum Gasteiger partial charge on any atom is 0.258 e. The fourth-order valence-corrected chi connectivity index (χ4v) is 4.53. The molecule has 2 heterocycles. The van der Waals surface area contributed by atoms with Crippen molar-refractivity contribution in [3.05, 3.63) is 77.6 Å². The molecule has 0 spiro atoms. The van der Waals surface area contributed by atoms with E-state index in [1.165, 1.54) is 6.20 Å². The molecule has 1 aromatic heterocycles. The number of nitrogens with one attached hydrogen (secondary N) is 1. The van der Waals surface area contributed by atoms with Crippen molar-refractivity contribution >= 4 is 42.1 Å². The summed E-state index contributed by atoms with van der Waals surface area (Å²) in [6.07, 6.45) is 4.09. The van der Waals surface area contributed by atoms with Gasteiger partial charge in [-0.15, -0.1) is 24.8 Å². The van der Waals surface area contributed by atoms with E-state index in [4.69, 9.17) is 0 Å². The molecule has 2 aromatic carbocycles. The Morgan fingerprint density at radius 3 is 2.27 bits per heavy atom. The van der Waals surface area contributed by atoms with Crippen LogP contribution in [-0.2, 0) is 0 Å². The normalized spacial score (nSPS) is 17.1. The largest absolute Gasteiger partial charge is 0.368 e. The molecule has 200 valence electrons. The summed E-state index contributed by atoms with van der Waals surface area (Å²) < 4.78 is 58.3. The van der Waals surface area contributed by atoms with Crippen LogP contribution in [0.1, 0.15) is 23.7 Å². The Bertz CT molecular complexity index is 1240. The van der Waals surface area contributed by atoms with Gasteiger partial charge in [0.1, 0.15) is 23.3 Å². The van der Waals surface area contributed by atoms with Gasteiger partial charge >= 0.3 is 0 Å². The molecule has 1 saturated heterocycles. The van der Waals surface area contributed by atoms with Gasteiger partial charge in [0.25, 0.3) is 5.91 Å². The molecule has 1 fully saturated rings. The fraction of sp³-hybridized carbons (Fsp3) is 0.308. The summed E-state index contributed by atoms with van der Waals surface area (Å²) in [5.41, 5.74) is -1.27. The summed E-state index contributed by atoms with van der Waals surface area (Å²) >= 11 is 0. The van der Waals surface area contributed by atoms with E-state index in [1.54, 1.807) is 12.3 Å². The molecule has 1 aliphatic rings. The minimum atomic E-state index is -1.35. The second-order valence-corrected chi connectivity index (χ2v) is 9.09. The van der Waals surface area contributed by atoms with Gasteiger partial charge in [0.05, 0.1) is 34.3 Å². The van der Waals surface area contributed by atoms with Crippen molar-refractivity contribution in [2.45, 2.75) is 19.4 Å². The standard InChI is InChI=1S/C26H26F4N4O.2ClH/c1-15-11-16(33(2)3)14-34(13-15)22-9-10-31-12-21(22)32-26(35)17-7-8-20(29)24(25(17)30)23-18(27)5-4-6-19(23)28;;/h4-10,12,15-16H,11,13-14H2,1-3H3,(H,32,35);2*1H/t15-,16+;;/m1../s1. The average molecular weight is 559 g/mol. The zero-order valence-corrected chi connectivity index (χ0v) is 22.1. The van der Waals surface area contributed by atoms with Crippen molar-refractivity contribution in [1.29, 1.82) is 0 Å². The predicted octanol–water partition coefficient (Wildman–Crippen LogP) is 6.18. The van der Waals surface area contributed by atoms with E-state index in [2.05, 4.69) is 27.0 Å².